The number of hydrogen-bond donors (Lipinski definition) is 3. The Morgan fingerprint density at radius 2 is 1.85 bits per heavy atom. The van der Waals surface area contributed by atoms with E-state index in [1.54, 1.807) is 24.5 Å². The van der Waals surface area contributed by atoms with Gasteiger partial charge >= 0.3 is 0 Å². The van der Waals surface area contributed by atoms with Gasteiger partial charge in [0.1, 0.15) is 11.8 Å². The van der Waals surface area contributed by atoms with Crippen molar-refractivity contribution < 1.29 is 22.4 Å². The quantitative estimate of drug-likeness (QED) is 0.408. The number of furan rings is 1. The van der Waals surface area contributed by atoms with Gasteiger partial charge in [-0.2, -0.15) is 0 Å². The molecule has 0 saturated carbocycles. The maximum atomic E-state index is 13.6. The Morgan fingerprint density at radius 3 is 2.54 bits per heavy atom. The van der Waals surface area contributed by atoms with Crippen molar-refractivity contribution in [1.29, 1.82) is 0 Å². The lowest BCUT2D eigenvalue weighted by Crippen LogP contribution is -2.42. The topological polar surface area (TPSA) is 135 Å². The number of sulfonamides is 1. The molecular weight excluding hydrogens is 516 g/mol. The molecule has 39 heavy (non-hydrogen) atoms. The van der Waals surface area contributed by atoms with Gasteiger partial charge in [0, 0.05) is 24.2 Å². The van der Waals surface area contributed by atoms with Crippen LogP contribution >= 0.6 is 0 Å². The van der Waals surface area contributed by atoms with Gasteiger partial charge in [0.05, 0.1) is 29.1 Å². The summed E-state index contributed by atoms with van der Waals surface area (Å²) in [4.78, 5) is 28.8. The number of nitrogens with one attached hydrogen (secondary N) is 2. The van der Waals surface area contributed by atoms with Gasteiger partial charge in [-0.3, -0.25) is 9.59 Å². The first-order valence-electron chi connectivity index (χ1n) is 12.8. The highest BCUT2D eigenvalue weighted by atomic mass is 32.2. The highest BCUT2D eigenvalue weighted by molar-refractivity contribution is 7.89. The van der Waals surface area contributed by atoms with Crippen LogP contribution < -0.4 is 20.7 Å². The summed E-state index contributed by atoms with van der Waals surface area (Å²) in [5.41, 5.74) is 3.79. The van der Waals surface area contributed by atoms with Gasteiger partial charge in [0.15, 0.2) is 5.78 Å². The molecule has 1 atom stereocenters. The number of Topliss-reactive ketones (excluding diaryl/α,β-unsaturated/α-hetero) is 1. The standard InChI is InChI=1S/C29H32N4O5S/c1-29(2)16-22-27(24(34)17-29)28(25-8-5-15-38-25)33(23-7-4-3-6-21(23)32-22)18-26(35)31-14-13-19-9-11-20(12-10-19)39(30,36)37/h3-12,15,28,32H,13-14,16-18H2,1-2H3,(H,31,35)(H2,30,36,37). The van der Waals surface area contributed by atoms with Crippen LogP contribution in [0.4, 0.5) is 11.4 Å². The van der Waals surface area contributed by atoms with E-state index in [9.17, 15) is 18.0 Å². The molecule has 204 valence electrons. The molecule has 5 rings (SSSR count). The molecule has 1 aliphatic heterocycles. The van der Waals surface area contributed by atoms with Crippen molar-refractivity contribution in [3.63, 3.8) is 0 Å². The molecule has 10 heteroatoms. The summed E-state index contributed by atoms with van der Waals surface area (Å²) in [5, 5.41) is 11.6. The number of rotatable bonds is 7. The predicted octanol–water partition coefficient (Wildman–Crippen LogP) is 3.90. The second kappa shape index (κ2) is 10.3. The molecule has 1 unspecified atom stereocenters. The lowest BCUT2D eigenvalue weighted by Gasteiger charge is -2.36. The molecule has 4 N–H and O–H groups in total. The van der Waals surface area contributed by atoms with Crippen LogP contribution in [-0.4, -0.2) is 33.2 Å². The van der Waals surface area contributed by atoms with Crippen molar-refractivity contribution in [1.82, 2.24) is 5.32 Å². The monoisotopic (exact) mass is 548 g/mol. The summed E-state index contributed by atoms with van der Waals surface area (Å²) in [6, 6.07) is 17.1. The summed E-state index contributed by atoms with van der Waals surface area (Å²) in [6.45, 7) is 4.53. The smallest absolute Gasteiger partial charge is 0.239 e. The normalized spacial score (nSPS) is 18.6. The minimum atomic E-state index is -3.76. The lowest BCUT2D eigenvalue weighted by molar-refractivity contribution is -0.120. The molecule has 0 fully saturated rings. The Morgan fingerprint density at radius 1 is 1.10 bits per heavy atom. The molecule has 0 saturated heterocycles. The number of benzene rings is 2. The first kappa shape index (κ1) is 26.7. The van der Waals surface area contributed by atoms with Crippen molar-refractivity contribution in [3.8, 4) is 0 Å². The van der Waals surface area contributed by atoms with E-state index >= 15 is 0 Å². The Labute approximate surface area is 228 Å². The number of carbonyl (C=O) groups is 2. The van der Waals surface area contributed by atoms with E-state index in [2.05, 4.69) is 24.5 Å². The molecule has 0 spiro atoms. The van der Waals surface area contributed by atoms with Gasteiger partial charge in [-0.15, -0.1) is 0 Å². The summed E-state index contributed by atoms with van der Waals surface area (Å²) < 4.78 is 28.8. The zero-order valence-corrected chi connectivity index (χ0v) is 22.8. The Bertz CT molecular complexity index is 1530. The van der Waals surface area contributed by atoms with Crippen LogP contribution in [-0.2, 0) is 26.0 Å². The van der Waals surface area contributed by atoms with Crippen molar-refractivity contribution in [2.45, 2.75) is 44.0 Å². The summed E-state index contributed by atoms with van der Waals surface area (Å²) in [6.07, 6.45) is 3.20. The van der Waals surface area contributed by atoms with E-state index in [-0.39, 0.29) is 28.5 Å². The molecule has 1 aromatic heterocycles. The SMILES string of the molecule is CC1(C)CC(=O)C2=C(C1)Nc1ccccc1N(CC(=O)NCCc1ccc(S(N)(=O)=O)cc1)C2c1ccco1. The van der Waals surface area contributed by atoms with Gasteiger partial charge in [0.2, 0.25) is 15.9 Å². The molecule has 1 amide bonds. The number of amides is 1. The fourth-order valence-electron chi connectivity index (χ4n) is 5.37. The zero-order valence-electron chi connectivity index (χ0n) is 21.9. The molecule has 0 bridgehead atoms. The van der Waals surface area contributed by atoms with E-state index < -0.39 is 16.1 Å². The molecule has 2 aliphatic rings. The number of ketones is 1. The second-order valence-electron chi connectivity index (χ2n) is 10.8. The minimum absolute atomic E-state index is 0.00185. The van der Waals surface area contributed by atoms with Crippen LogP contribution in [0.2, 0.25) is 0 Å². The highest BCUT2D eigenvalue weighted by Crippen LogP contribution is 2.48. The molecular formula is C29H32N4O5S. The fourth-order valence-corrected chi connectivity index (χ4v) is 5.89. The number of allylic oxidation sites excluding steroid dienone is 1. The molecule has 0 radical (unpaired) electrons. The van der Waals surface area contributed by atoms with Crippen molar-refractivity contribution in [2.75, 3.05) is 23.3 Å². The van der Waals surface area contributed by atoms with Crippen LogP contribution in [0.15, 0.2) is 87.5 Å². The second-order valence-corrected chi connectivity index (χ2v) is 12.4. The number of primary sulfonamides is 1. The third kappa shape index (κ3) is 5.76. The fraction of sp³-hybridized carbons (Fsp3) is 0.310. The number of hydrogen-bond acceptors (Lipinski definition) is 7. The minimum Gasteiger partial charge on any atom is -0.467 e. The van der Waals surface area contributed by atoms with E-state index in [1.807, 2.05) is 35.2 Å². The van der Waals surface area contributed by atoms with Crippen LogP contribution in [0.1, 0.15) is 44.1 Å². The van der Waals surface area contributed by atoms with Crippen LogP contribution in [0, 0.1) is 5.41 Å². The van der Waals surface area contributed by atoms with Gasteiger partial charge in [-0.1, -0.05) is 38.1 Å². The average Bonchev–Trinajstić information content (AvgIpc) is 3.35. The first-order chi connectivity index (χ1) is 18.5. The van der Waals surface area contributed by atoms with E-state index in [0.717, 1.165) is 22.6 Å². The van der Waals surface area contributed by atoms with Gasteiger partial charge in [-0.05, 0) is 60.2 Å². The summed E-state index contributed by atoms with van der Waals surface area (Å²) in [5.74, 6) is 0.420. The van der Waals surface area contributed by atoms with E-state index in [1.165, 1.54) is 12.1 Å². The number of carbonyl (C=O) groups excluding carboxylic acids is 2. The molecule has 2 heterocycles. The van der Waals surface area contributed by atoms with Crippen LogP contribution in [0.3, 0.4) is 0 Å². The van der Waals surface area contributed by atoms with E-state index in [4.69, 9.17) is 9.56 Å². The number of fused-ring (bicyclic) bond motifs is 1. The van der Waals surface area contributed by atoms with Crippen molar-refractivity contribution in [2.24, 2.45) is 10.6 Å². The maximum Gasteiger partial charge on any atom is 0.239 e. The zero-order chi connectivity index (χ0) is 27.8. The predicted molar refractivity (Wildman–Crippen MR) is 148 cm³/mol. The van der Waals surface area contributed by atoms with Crippen molar-refractivity contribution in [3.05, 3.63) is 89.5 Å². The Kier molecular flexibility index (Phi) is 7.09. The lowest BCUT2D eigenvalue weighted by atomic mass is 9.74. The van der Waals surface area contributed by atoms with Crippen LogP contribution in [0.25, 0.3) is 0 Å². The van der Waals surface area contributed by atoms with E-state index in [0.29, 0.717) is 37.1 Å². The van der Waals surface area contributed by atoms with Crippen LogP contribution in [0.5, 0.6) is 0 Å². The van der Waals surface area contributed by atoms with Crippen molar-refractivity contribution >= 4 is 33.1 Å². The molecule has 1 aliphatic carbocycles. The molecule has 2 aromatic carbocycles. The largest absolute Gasteiger partial charge is 0.467 e. The number of anilines is 2. The number of nitrogens with two attached hydrogens (primary N) is 1. The number of para-hydroxylation sites is 2. The third-order valence-electron chi connectivity index (χ3n) is 7.12. The molecule has 3 aromatic rings. The number of nitrogens with zero attached hydrogens (tertiary/aromatic N) is 1. The Balaban J connectivity index is 1.40. The third-order valence-corrected chi connectivity index (χ3v) is 8.05. The first-order valence-corrected chi connectivity index (χ1v) is 14.4. The summed E-state index contributed by atoms with van der Waals surface area (Å²) in [7, 11) is -3.76. The maximum absolute atomic E-state index is 13.6. The Hall–Kier alpha value is -3.89. The highest BCUT2D eigenvalue weighted by Gasteiger charge is 2.42. The van der Waals surface area contributed by atoms with Gasteiger partial charge < -0.3 is 20.0 Å². The molecule has 9 nitrogen and oxygen atoms in total. The summed E-state index contributed by atoms with van der Waals surface area (Å²) >= 11 is 0. The van der Waals surface area contributed by atoms with Gasteiger partial charge in [0.25, 0.3) is 0 Å². The average molecular weight is 549 g/mol. The van der Waals surface area contributed by atoms with Gasteiger partial charge in [-0.25, -0.2) is 13.6 Å².